The fraction of sp³-hybridized carbons (Fsp3) is 0.571. The molecule has 40 heavy (non-hydrogen) atoms. The van der Waals surface area contributed by atoms with Gasteiger partial charge in [-0.2, -0.15) is 5.10 Å². The molecule has 2 aromatic heterocycles. The summed E-state index contributed by atoms with van der Waals surface area (Å²) in [5, 5.41) is 12.5. The van der Waals surface area contributed by atoms with Crippen LogP contribution < -0.4 is 5.32 Å². The van der Waals surface area contributed by atoms with Crippen LogP contribution in [0.5, 0.6) is 0 Å². The van der Waals surface area contributed by atoms with Gasteiger partial charge in [0.2, 0.25) is 0 Å². The minimum absolute atomic E-state index is 0.0820. The third kappa shape index (κ3) is 6.49. The van der Waals surface area contributed by atoms with Crippen molar-refractivity contribution in [2.75, 3.05) is 25.0 Å². The minimum atomic E-state index is -0.572. The Hall–Kier alpha value is -2.98. The SMILES string of the molecule is CCOC(=O)c1c(Cl)nc(CNc2n[nH]c3cc(Cl)c(C(C)(C)C)cc23)n1C1CCN(C(=O)OC(C)(C)C)CC1. The molecule has 0 radical (unpaired) electrons. The highest BCUT2D eigenvalue weighted by molar-refractivity contribution is 6.32. The number of imidazole rings is 1. The average molecular weight is 594 g/mol. The Labute approximate surface area is 244 Å². The minimum Gasteiger partial charge on any atom is -0.461 e. The fourth-order valence-corrected chi connectivity index (χ4v) is 5.60. The van der Waals surface area contributed by atoms with E-state index in [2.05, 4.69) is 41.3 Å². The van der Waals surface area contributed by atoms with Gasteiger partial charge < -0.3 is 24.3 Å². The highest BCUT2D eigenvalue weighted by Gasteiger charge is 2.33. The number of aromatic nitrogens is 4. The number of benzene rings is 1. The fourth-order valence-electron chi connectivity index (χ4n) is 4.89. The van der Waals surface area contributed by atoms with E-state index in [-0.39, 0.29) is 41.5 Å². The second kappa shape index (κ2) is 11.5. The largest absolute Gasteiger partial charge is 0.461 e. The number of H-pyrrole nitrogens is 1. The molecule has 1 aliphatic rings. The van der Waals surface area contributed by atoms with Crippen LogP contribution in [-0.2, 0) is 21.4 Å². The summed E-state index contributed by atoms with van der Waals surface area (Å²) in [5.74, 6) is 0.681. The third-order valence-corrected chi connectivity index (χ3v) is 7.34. The van der Waals surface area contributed by atoms with Crippen LogP contribution in [0.3, 0.4) is 0 Å². The van der Waals surface area contributed by atoms with Crippen molar-refractivity contribution in [2.24, 2.45) is 0 Å². The first-order valence-electron chi connectivity index (χ1n) is 13.5. The summed E-state index contributed by atoms with van der Waals surface area (Å²) >= 11 is 13.1. The molecule has 1 aliphatic heterocycles. The van der Waals surface area contributed by atoms with Gasteiger partial charge in [-0.1, -0.05) is 44.0 Å². The smallest absolute Gasteiger partial charge is 0.410 e. The quantitative estimate of drug-likeness (QED) is 0.305. The Morgan fingerprint density at radius 3 is 2.40 bits per heavy atom. The predicted octanol–water partition coefficient (Wildman–Crippen LogP) is 6.72. The molecule has 1 aromatic carbocycles. The van der Waals surface area contributed by atoms with E-state index in [0.717, 1.165) is 16.5 Å². The van der Waals surface area contributed by atoms with Crippen molar-refractivity contribution >= 4 is 52.0 Å². The number of hydrogen-bond acceptors (Lipinski definition) is 7. The van der Waals surface area contributed by atoms with E-state index in [4.69, 9.17) is 32.7 Å². The third-order valence-electron chi connectivity index (χ3n) is 6.76. The Morgan fingerprint density at radius 1 is 1.12 bits per heavy atom. The van der Waals surface area contributed by atoms with E-state index >= 15 is 0 Å². The summed E-state index contributed by atoms with van der Waals surface area (Å²) in [6.45, 7) is 15.0. The van der Waals surface area contributed by atoms with Gasteiger partial charge in [0.15, 0.2) is 16.7 Å². The van der Waals surface area contributed by atoms with Crippen LogP contribution in [0.4, 0.5) is 10.6 Å². The molecule has 0 aliphatic carbocycles. The molecule has 0 bridgehead atoms. The lowest BCUT2D eigenvalue weighted by Crippen LogP contribution is -2.42. The number of halogens is 2. The topological polar surface area (TPSA) is 114 Å². The molecule has 2 N–H and O–H groups in total. The molecular formula is C28H38Cl2N6O4. The monoisotopic (exact) mass is 592 g/mol. The molecule has 4 rings (SSSR count). The van der Waals surface area contributed by atoms with E-state index in [1.54, 1.807) is 11.8 Å². The van der Waals surface area contributed by atoms with Gasteiger partial charge in [-0.3, -0.25) is 5.10 Å². The maximum atomic E-state index is 12.9. The zero-order chi connectivity index (χ0) is 29.4. The first kappa shape index (κ1) is 30.0. The van der Waals surface area contributed by atoms with E-state index in [1.807, 2.05) is 37.5 Å². The van der Waals surface area contributed by atoms with E-state index in [1.165, 1.54) is 0 Å². The number of rotatable bonds is 6. The first-order valence-corrected chi connectivity index (χ1v) is 14.3. The molecular weight excluding hydrogens is 555 g/mol. The standard InChI is InChI=1S/C28H38Cl2N6O4/c1-8-39-25(37)22-23(30)32-21(36(22)16-9-11-35(12-10-16)26(38)40-28(5,6)7)15-31-24-17-13-18(27(2,3)4)19(29)14-20(17)33-34-24/h13-14,16H,8-12,15H2,1-7H3,(H2,31,33,34). The highest BCUT2D eigenvalue weighted by atomic mass is 35.5. The van der Waals surface area contributed by atoms with Crippen LogP contribution in [0.2, 0.25) is 10.2 Å². The summed E-state index contributed by atoms with van der Waals surface area (Å²) in [7, 11) is 0. The van der Waals surface area contributed by atoms with E-state index in [9.17, 15) is 9.59 Å². The molecule has 1 saturated heterocycles. The Bertz CT molecular complexity index is 1390. The number of piperidine rings is 1. The van der Waals surface area contributed by atoms with Gasteiger partial charge in [0.05, 0.1) is 18.7 Å². The van der Waals surface area contributed by atoms with Crippen molar-refractivity contribution in [3.8, 4) is 0 Å². The van der Waals surface area contributed by atoms with Crippen LogP contribution in [0.25, 0.3) is 10.9 Å². The molecule has 3 aromatic rings. The Kier molecular flexibility index (Phi) is 8.61. The van der Waals surface area contributed by atoms with Crippen molar-refractivity contribution in [1.82, 2.24) is 24.6 Å². The zero-order valence-electron chi connectivity index (χ0n) is 24.2. The number of nitrogens with zero attached hydrogens (tertiary/aromatic N) is 4. The summed E-state index contributed by atoms with van der Waals surface area (Å²) in [4.78, 5) is 31.8. The number of ether oxygens (including phenoxy) is 2. The molecule has 1 amide bonds. The number of nitrogens with one attached hydrogen (secondary N) is 2. The molecule has 218 valence electrons. The van der Waals surface area contributed by atoms with Crippen molar-refractivity contribution in [2.45, 2.75) is 84.9 Å². The molecule has 12 heteroatoms. The number of fused-ring (bicyclic) bond motifs is 1. The van der Waals surface area contributed by atoms with Crippen LogP contribution in [0, 0.1) is 0 Å². The molecule has 3 heterocycles. The lowest BCUT2D eigenvalue weighted by molar-refractivity contribution is 0.0183. The van der Waals surface area contributed by atoms with Gasteiger partial charge in [-0.25, -0.2) is 14.6 Å². The number of anilines is 1. The lowest BCUT2D eigenvalue weighted by Gasteiger charge is -2.34. The van der Waals surface area contributed by atoms with Crippen molar-refractivity contribution in [3.63, 3.8) is 0 Å². The lowest BCUT2D eigenvalue weighted by atomic mass is 9.86. The van der Waals surface area contributed by atoms with Gasteiger partial charge in [-0.05, 0) is 63.6 Å². The van der Waals surface area contributed by atoms with E-state index in [0.29, 0.717) is 42.6 Å². The summed E-state index contributed by atoms with van der Waals surface area (Å²) in [6.07, 6.45) is 0.857. The van der Waals surface area contributed by atoms with Crippen LogP contribution in [0.1, 0.15) is 89.2 Å². The van der Waals surface area contributed by atoms with Crippen LogP contribution in [-0.4, -0.2) is 62.0 Å². The zero-order valence-corrected chi connectivity index (χ0v) is 25.7. The maximum Gasteiger partial charge on any atom is 0.410 e. The van der Waals surface area contributed by atoms with Crippen LogP contribution >= 0.6 is 23.2 Å². The summed E-state index contributed by atoms with van der Waals surface area (Å²) in [5.41, 5.74) is 1.31. The normalized spacial score (nSPS) is 15.0. The van der Waals surface area contributed by atoms with Gasteiger partial charge in [0.25, 0.3) is 0 Å². The summed E-state index contributed by atoms with van der Waals surface area (Å²) < 4.78 is 12.7. The first-order chi connectivity index (χ1) is 18.7. The maximum absolute atomic E-state index is 12.9. The van der Waals surface area contributed by atoms with Crippen molar-refractivity contribution < 1.29 is 19.1 Å². The second-order valence-electron chi connectivity index (χ2n) is 12.0. The molecule has 0 saturated carbocycles. The predicted molar refractivity (Wildman–Crippen MR) is 156 cm³/mol. The molecule has 10 nitrogen and oxygen atoms in total. The van der Waals surface area contributed by atoms with Gasteiger partial charge in [0, 0.05) is 29.5 Å². The average Bonchev–Trinajstić information content (AvgIpc) is 3.40. The van der Waals surface area contributed by atoms with Gasteiger partial charge >= 0.3 is 12.1 Å². The number of esters is 1. The number of carbonyl (C=O) groups is 2. The number of hydrogen-bond donors (Lipinski definition) is 2. The highest BCUT2D eigenvalue weighted by Crippen LogP contribution is 2.35. The summed E-state index contributed by atoms with van der Waals surface area (Å²) in [6, 6.07) is 3.81. The Balaban J connectivity index is 1.61. The second-order valence-corrected chi connectivity index (χ2v) is 12.8. The van der Waals surface area contributed by atoms with Crippen molar-refractivity contribution in [1.29, 1.82) is 0 Å². The molecule has 1 fully saturated rings. The van der Waals surface area contributed by atoms with Gasteiger partial charge in [0.1, 0.15) is 11.4 Å². The number of carbonyl (C=O) groups excluding carboxylic acids is 2. The number of aromatic amines is 1. The van der Waals surface area contributed by atoms with Gasteiger partial charge in [-0.15, -0.1) is 0 Å². The Morgan fingerprint density at radius 2 is 1.80 bits per heavy atom. The number of amides is 1. The number of likely N-dealkylation sites (tertiary alicyclic amines) is 1. The van der Waals surface area contributed by atoms with Crippen LogP contribution in [0.15, 0.2) is 12.1 Å². The van der Waals surface area contributed by atoms with E-state index < -0.39 is 11.6 Å². The van der Waals surface area contributed by atoms with Crippen molar-refractivity contribution in [3.05, 3.63) is 39.4 Å². The molecule has 0 spiro atoms. The molecule has 0 atom stereocenters. The molecule has 0 unspecified atom stereocenters.